The first-order valence-corrected chi connectivity index (χ1v) is 6.61. The van der Waals surface area contributed by atoms with Gasteiger partial charge < -0.3 is 5.32 Å². The van der Waals surface area contributed by atoms with Crippen molar-refractivity contribution in [1.29, 1.82) is 0 Å². The highest BCUT2D eigenvalue weighted by molar-refractivity contribution is 5.75. The van der Waals surface area contributed by atoms with Gasteiger partial charge >= 0.3 is 0 Å². The first kappa shape index (κ1) is 12.8. The van der Waals surface area contributed by atoms with E-state index >= 15 is 0 Å². The monoisotopic (exact) mass is 248 g/mol. The van der Waals surface area contributed by atoms with E-state index in [-0.39, 0.29) is 5.91 Å². The predicted molar refractivity (Wildman–Crippen MR) is 68.8 cm³/mol. The summed E-state index contributed by atoms with van der Waals surface area (Å²) in [6, 6.07) is 0. The SMILES string of the molecule is O=C(CCn1cncn1)NCCC1=CCCCC1. The zero-order chi connectivity index (χ0) is 12.6. The average molecular weight is 248 g/mol. The van der Waals surface area contributed by atoms with Crippen LogP contribution in [0.15, 0.2) is 24.3 Å². The van der Waals surface area contributed by atoms with Gasteiger partial charge in [0.1, 0.15) is 12.7 Å². The lowest BCUT2D eigenvalue weighted by Crippen LogP contribution is -2.25. The smallest absolute Gasteiger partial charge is 0.221 e. The number of carbonyl (C=O) groups excluding carboxylic acids is 1. The van der Waals surface area contributed by atoms with Crippen LogP contribution in [0.2, 0.25) is 0 Å². The lowest BCUT2D eigenvalue weighted by Gasteiger charge is -2.12. The lowest BCUT2D eigenvalue weighted by molar-refractivity contribution is -0.121. The van der Waals surface area contributed by atoms with Crippen molar-refractivity contribution >= 4 is 5.91 Å². The van der Waals surface area contributed by atoms with Gasteiger partial charge in [0.2, 0.25) is 5.91 Å². The lowest BCUT2D eigenvalue weighted by atomic mass is 9.97. The first-order chi connectivity index (χ1) is 8.84. The third kappa shape index (κ3) is 4.31. The molecule has 0 saturated heterocycles. The Kier molecular flexibility index (Phi) is 4.93. The van der Waals surface area contributed by atoms with Crippen LogP contribution in [0, 0.1) is 0 Å². The largest absolute Gasteiger partial charge is 0.356 e. The molecule has 0 fully saturated rings. The Hall–Kier alpha value is -1.65. The van der Waals surface area contributed by atoms with Crippen molar-refractivity contribution in [2.24, 2.45) is 0 Å². The van der Waals surface area contributed by atoms with Crippen LogP contribution in [-0.2, 0) is 11.3 Å². The Balaban J connectivity index is 1.58. The fourth-order valence-corrected chi connectivity index (χ4v) is 2.15. The van der Waals surface area contributed by atoms with Crippen molar-refractivity contribution in [1.82, 2.24) is 20.1 Å². The summed E-state index contributed by atoms with van der Waals surface area (Å²) in [4.78, 5) is 15.4. The highest BCUT2D eigenvalue weighted by Crippen LogP contribution is 2.19. The summed E-state index contributed by atoms with van der Waals surface area (Å²) in [6.07, 6.45) is 11.9. The molecule has 0 atom stereocenters. The van der Waals surface area contributed by atoms with E-state index in [0.717, 1.165) is 13.0 Å². The third-order valence-corrected chi connectivity index (χ3v) is 3.19. The van der Waals surface area contributed by atoms with E-state index in [1.54, 1.807) is 11.0 Å². The van der Waals surface area contributed by atoms with E-state index in [9.17, 15) is 4.79 Å². The van der Waals surface area contributed by atoms with Crippen LogP contribution in [0.4, 0.5) is 0 Å². The molecule has 1 aliphatic carbocycles. The van der Waals surface area contributed by atoms with Gasteiger partial charge in [-0.1, -0.05) is 11.6 Å². The number of nitrogens with one attached hydrogen (secondary N) is 1. The number of nitrogens with zero attached hydrogens (tertiary/aromatic N) is 3. The number of hydrogen-bond donors (Lipinski definition) is 1. The topological polar surface area (TPSA) is 59.8 Å². The number of rotatable bonds is 6. The molecule has 1 aliphatic rings. The highest BCUT2D eigenvalue weighted by atomic mass is 16.1. The summed E-state index contributed by atoms with van der Waals surface area (Å²) in [5.74, 6) is 0.0851. The highest BCUT2D eigenvalue weighted by Gasteiger charge is 2.05. The molecule has 1 amide bonds. The van der Waals surface area contributed by atoms with E-state index in [2.05, 4.69) is 21.5 Å². The molecule has 18 heavy (non-hydrogen) atoms. The molecule has 0 spiro atoms. The summed E-state index contributed by atoms with van der Waals surface area (Å²) in [6.45, 7) is 1.34. The van der Waals surface area contributed by atoms with Crippen molar-refractivity contribution < 1.29 is 4.79 Å². The Labute approximate surface area is 107 Å². The van der Waals surface area contributed by atoms with Crippen LogP contribution in [0.1, 0.15) is 38.5 Å². The van der Waals surface area contributed by atoms with E-state index in [4.69, 9.17) is 0 Å². The first-order valence-electron chi connectivity index (χ1n) is 6.61. The van der Waals surface area contributed by atoms with Crippen molar-refractivity contribution in [3.05, 3.63) is 24.3 Å². The van der Waals surface area contributed by atoms with Crippen molar-refractivity contribution in [2.75, 3.05) is 6.54 Å². The maximum atomic E-state index is 11.6. The van der Waals surface area contributed by atoms with Crippen LogP contribution in [-0.4, -0.2) is 27.2 Å². The third-order valence-electron chi connectivity index (χ3n) is 3.19. The average Bonchev–Trinajstić information content (AvgIpc) is 2.91. The number of aromatic nitrogens is 3. The maximum absolute atomic E-state index is 11.6. The number of aryl methyl sites for hydroxylation is 1. The number of amides is 1. The molecule has 0 unspecified atom stereocenters. The number of carbonyl (C=O) groups is 1. The van der Waals surface area contributed by atoms with E-state index in [1.165, 1.54) is 37.6 Å². The quantitative estimate of drug-likeness (QED) is 0.779. The van der Waals surface area contributed by atoms with Gasteiger partial charge in [0, 0.05) is 13.0 Å². The second kappa shape index (κ2) is 6.93. The zero-order valence-electron chi connectivity index (χ0n) is 10.6. The molecule has 0 radical (unpaired) electrons. The van der Waals surface area contributed by atoms with Gasteiger partial charge in [0.15, 0.2) is 0 Å². The Morgan fingerprint density at radius 1 is 1.44 bits per heavy atom. The second-order valence-electron chi connectivity index (χ2n) is 4.62. The minimum absolute atomic E-state index is 0.0851. The van der Waals surface area contributed by atoms with Crippen molar-refractivity contribution in [3.8, 4) is 0 Å². The molecular formula is C13H20N4O. The van der Waals surface area contributed by atoms with Gasteiger partial charge in [-0.2, -0.15) is 5.10 Å². The molecule has 1 heterocycles. The second-order valence-corrected chi connectivity index (χ2v) is 4.62. The van der Waals surface area contributed by atoms with Gasteiger partial charge in [0.05, 0.1) is 6.54 Å². The summed E-state index contributed by atoms with van der Waals surface area (Å²) in [5.41, 5.74) is 1.50. The minimum atomic E-state index is 0.0851. The number of allylic oxidation sites excluding steroid dienone is 1. The van der Waals surface area contributed by atoms with Crippen LogP contribution < -0.4 is 5.32 Å². The Morgan fingerprint density at radius 3 is 3.11 bits per heavy atom. The van der Waals surface area contributed by atoms with Crippen LogP contribution in [0.25, 0.3) is 0 Å². The molecule has 0 aliphatic heterocycles. The Morgan fingerprint density at radius 2 is 2.39 bits per heavy atom. The molecule has 5 nitrogen and oxygen atoms in total. The number of hydrogen-bond acceptors (Lipinski definition) is 3. The molecular weight excluding hydrogens is 228 g/mol. The molecule has 1 aromatic heterocycles. The summed E-state index contributed by atoms with van der Waals surface area (Å²) < 4.78 is 1.67. The summed E-state index contributed by atoms with van der Waals surface area (Å²) >= 11 is 0. The standard InChI is InChI=1S/C13H20N4O/c18-13(7-9-17-11-14-10-16-17)15-8-6-12-4-2-1-3-5-12/h4,10-11H,1-3,5-9H2,(H,15,18). The van der Waals surface area contributed by atoms with Crippen LogP contribution >= 0.6 is 0 Å². The molecule has 5 heteroatoms. The predicted octanol–water partition coefficient (Wildman–Crippen LogP) is 1.67. The molecule has 2 rings (SSSR count). The minimum Gasteiger partial charge on any atom is -0.356 e. The van der Waals surface area contributed by atoms with Gasteiger partial charge in [-0.15, -0.1) is 0 Å². The van der Waals surface area contributed by atoms with E-state index < -0.39 is 0 Å². The van der Waals surface area contributed by atoms with Gasteiger partial charge in [0.25, 0.3) is 0 Å². The Bertz CT molecular complexity index is 397. The fraction of sp³-hybridized carbons (Fsp3) is 0.615. The molecule has 0 bridgehead atoms. The molecule has 0 saturated carbocycles. The molecule has 98 valence electrons. The molecule has 0 aromatic carbocycles. The van der Waals surface area contributed by atoms with Gasteiger partial charge in [-0.05, 0) is 32.1 Å². The van der Waals surface area contributed by atoms with E-state index in [1.807, 2.05) is 0 Å². The molecule has 1 aromatic rings. The molecule has 1 N–H and O–H groups in total. The zero-order valence-corrected chi connectivity index (χ0v) is 10.6. The van der Waals surface area contributed by atoms with Gasteiger partial charge in [-0.3, -0.25) is 9.48 Å². The van der Waals surface area contributed by atoms with Crippen molar-refractivity contribution in [3.63, 3.8) is 0 Å². The van der Waals surface area contributed by atoms with Crippen LogP contribution in [0.5, 0.6) is 0 Å². The maximum Gasteiger partial charge on any atom is 0.221 e. The van der Waals surface area contributed by atoms with Crippen LogP contribution in [0.3, 0.4) is 0 Å². The fourth-order valence-electron chi connectivity index (χ4n) is 2.15. The normalized spacial score (nSPS) is 15.2. The summed E-state index contributed by atoms with van der Waals surface area (Å²) in [5, 5.41) is 6.91. The summed E-state index contributed by atoms with van der Waals surface area (Å²) in [7, 11) is 0. The van der Waals surface area contributed by atoms with Gasteiger partial charge in [-0.25, -0.2) is 4.98 Å². The van der Waals surface area contributed by atoms with Crippen molar-refractivity contribution in [2.45, 2.75) is 45.1 Å². The van der Waals surface area contributed by atoms with E-state index in [0.29, 0.717) is 13.0 Å².